The van der Waals surface area contributed by atoms with Gasteiger partial charge in [-0.1, -0.05) is 43.7 Å². The first kappa shape index (κ1) is 17.0. The molecule has 2 aromatic rings. The van der Waals surface area contributed by atoms with Gasteiger partial charge in [0.05, 0.1) is 11.5 Å². The zero-order chi connectivity index (χ0) is 17.2. The molecule has 1 fully saturated rings. The molecule has 5 heteroatoms. The van der Waals surface area contributed by atoms with E-state index in [0.29, 0.717) is 18.5 Å². The van der Waals surface area contributed by atoms with Crippen LogP contribution >= 0.6 is 0 Å². The van der Waals surface area contributed by atoms with Gasteiger partial charge < -0.3 is 4.90 Å². The minimum absolute atomic E-state index is 0.0590. The second-order valence-corrected chi connectivity index (χ2v) is 8.70. The first-order chi connectivity index (χ1) is 11.5. The number of carbonyl (C=O) groups is 1. The molecule has 1 aliphatic heterocycles. The Morgan fingerprint density at radius 2 is 1.92 bits per heavy atom. The van der Waals surface area contributed by atoms with E-state index in [0.717, 1.165) is 23.6 Å². The first-order valence-corrected chi connectivity index (χ1v) is 10.3. The summed E-state index contributed by atoms with van der Waals surface area (Å²) >= 11 is 0. The van der Waals surface area contributed by atoms with Crippen LogP contribution in [-0.4, -0.2) is 43.3 Å². The monoisotopic (exact) mass is 345 g/mol. The molecule has 0 N–H and O–H groups in total. The molecule has 1 atom stereocenters. The highest BCUT2D eigenvalue weighted by Crippen LogP contribution is 2.22. The van der Waals surface area contributed by atoms with Crippen molar-refractivity contribution < 1.29 is 13.2 Å². The van der Waals surface area contributed by atoms with Crippen LogP contribution in [0.2, 0.25) is 0 Å². The molecule has 0 spiro atoms. The smallest absolute Gasteiger partial charge is 0.254 e. The molecule has 0 bridgehead atoms. The third kappa shape index (κ3) is 3.61. The summed E-state index contributed by atoms with van der Waals surface area (Å²) in [5.74, 6) is 0.220. The van der Waals surface area contributed by atoms with E-state index < -0.39 is 9.84 Å². The van der Waals surface area contributed by atoms with Crippen molar-refractivity contribution in [2.75, 3.05) is 18.1 Å². The van der Waals surface area contributed by atoms with Crippen LogP contribution in [0.4, 0.5) is 0 Å². The van der Waals surface area contributed by atoms with E-state index in [9.17, 15) is 13.2 Å². The van der Waals surface area contributed by atoms with Crippen molar-refractivity contribution in [3.05, 3.63) is 48.0 Å². The Kier molecular flexibility index (Phi) is 4.90. The molecule has 1 heterocycles. The number of fused-ring (bicyclic) bond motifs is 1. The van der Waals surface area contributed by atoms with Crippen LogP contribution < -0.4 is 0 Å². The SMILES string of the molecule is CCCCN(C(=O)c1ccc2ccccc2c1)C1CCS(=O)(=O)C1. The zero-order valence-electron chi connectivity index (χ0n) is 13.9. The summed E-state index contributed by atoms with van der Waals surface area (Å²) in [6, 6.07) is 13.4. The van der Waals surface area contributed by atoms with Crippen LogP contribution in [0.1, 0.15) is 36.5 Å². The van der Waals surface area contributed by atoms with Crippen molar-refractivity contribution >= 4 is 26.5 Å². The van der Waals surface area contributed by atoms with E-state index in [4.69, 9.17) is 0 Å². The highest BCUT2D eigenvalue weighted by Gasteiger charge is 2.34. The largest absolute Gasteiger partial charge is 0.335 e. The van der Waals surface area contributed by atoms with E-state index in [1.807, 2.05) is 42.5 Å². The lowest BCUT2D eigenvalue weighted by molar-refractivity contribution is 0.0694. The van der Waals surface area contributed by atoms with Gasteiger partial charge in [-0.15, -0.1) is 0 Å². The van der Waals surface area contributed by atoms with E-state index in [2.05, 4.69) is 6.92 Å². The molecule has 24 heavy (non-hydrogen) atoms. The molecule has 1 unspecified atom stereocenters. The van der Waals surface area contributed by atoms with Crippen molar-refractivity contribution in [2.45, 2.75) is 32.2 Å². The maximum Gasteiger partial charge on any atom is 0.254 e. The van der Waals surface area contributed by atoms with Gasteiger partial charge in [0.1, 0.15) is 0 Å². The number of hydrogen-bond acceptors (Lipinski definition) is 3. The summed E-state index contributed by atoms with van der Waals surface area (Å²) in [4.78, 5) is 14.8. The lowest BCUT2D eigenvalue weighted by atomic mass is 10.0. The molecule has 1 saturated heterocycles. The number of benzene rings is 2. The molecule has 0 aromatic heterocycles. The minimum Gasteiger partial charge on any atom is -0.335 e. The van der Waals surface area contributed by atoms with Crippen molar-refractivity contribution in [3.8, 4) is 0 Å². The van der Waals surface area contributed by atoms with E-state index in [1.54, 1.807) is 4.90 Å². The molecular formula is C19H23NO3S. The Hall–Kier alpha value is -1.88. The lowest BCUT2D eigenvalue weighted by Crippen LogP contribution is -2.41. The van der Waals surface area contributed by atoms with Gasteiger partial charge in [-0.2, -0.15) is 0 Å². The molecular weight excluding hydrogens is 322 g/mol. The summed E-state index contributed by atoms with van der Waals surface area (Å²) in [5, 5.41) is 2.12. The Balaban J connectivity index is 1.89. The van der Waals surface area contributed by atoms with Gasteiger partial charge in [-0.05, 0) is 35.7 Å². The van der Waals surface area contributed by atoms with Gasteiger partial charge in [-0.25, -0.2) is 8.42 Å². The third-order valence-electron chi connectivity index (χ3n) is 4.66. The van der Waals surface area contributed by atoms with Gasteiger partial charge in [0.25, 0.3) is 5.91 Å². The molecule has 4 nitrogen and oxygen atoms in total. The van der Waals surface area contributed by atoms with E-state index in [1.165, 1.54) is 0 Å². The fourth-order valence-electron chi connectivity index (χ4n) is 3.29. The van der Waals surface area contributed by atoms with Gasteiger partial charge in [0.15, 0.2) is 9.84 Å². The standard InChI is InChI=1S/C19H23NO3S/c1-2-3-11-20(18-10-12-24(22,23)14-18)19(21)17-9-8-15-6-4-5-7-16(15)13-17/h4-9,13,18H,2-3,10-12,14H2,1H3. The molecule has 2 aromatic carbocycles. The average Bonchev–Trinajstić information content (AvgIpc) is 2.94. The number of rotatable bonds is 5. The average molecular weight is 345 g/mol. The Morgan fingerprint density at radius 1 is 1.17 bits per heavy atom. The van der Waals surface area contributed by atoms with E-state index in [-0.39, 0.29) is 23.5 Å². The first-order valence-electron chi connectivity index (χ1n) is 8.50. The van der Waals surface area contributed by atoms with Gasteiger partial charge in [0.2, 0.25) is 0 Å². The summed E-state index contributed by atoms with van der Waals surface area (Å²) < 4.78 is 23.6. The fourth-order valence-corrected chi connectivity index (χ4v) is 5.02. The maximum absolute atomic E-state index is 13.0. The van der Waals surface area contributed by atoms with Gasteiger partial charge >= 0.3 is 0 Å². The van der Waals surface area contributed by atoms with Crippen molar-refractivity contribution in [1.82, 2.24) is 4.90 Å². The molecule has 1 aliphatic rings. The fraction of sp³-hybridized carbons (Fsp3) is 0.421. The lowest BCUT2D eigenvalue weighted by Gasteiger charge is -2.28. The molecule has 1 amide bonds. The number of carbonyl (C=O) groups excluding carboxylic acids is 1. The molecule has 3 rings (SSSR count). The van der Waals surface area contributed by atoms with Crippen molar-refractivity contribution in [3.63, 3.8) is 0 Å². The normalized spacial score (nSPS) is 19.5. The van der Waals surface area contributed by atoms with Crippen LogP contribution in [-0.2, 0) is 9.84 Å². The second kappa shape index (κ2) is 6.93. The van der Waals surface area contributed by atoms with Crippen LogP contribution in [0, 0.1) is 0 Å². The number of hydrogen-bond donors (Lipinski definition) is 0. The predicted octanol–water partition coefficient (Wildman–Crippen LogP) is 3.27. The molecule has 0 radical (unpaired) electrons. The maximum atomic E-state index is 13.0. The molecule has 0 saturated carbocycles. The number of nitrogens with zero attached hydrogens (tertiary/aromatic N) is 1. The Morgan fingerprint density at radius 3 is 2.58 bits per heavy atom. The third-order valence-corrected chi connectivity index (χ3v) is 6.41. The molecule has 0 aliphatic carbocycles. The zero-order valence-corrected chi connectivity index (χ0v) is 14.8. The number of sulfone groups is 1. The van der Waals surface area contributed by atoms with Crippen LogP contribution in [0.25, 0.3) is 10.8 Å². The summed E-state index contributed by atoms with van der Waals surface area (Å²) in [5.41, 5.74) is 0.633. The molecule has 128 valence electrons. The predicted molar refractivity (Wildman–Crippen MR) is 97.0 cm³/mol. The Bertz CT molecular complexity index is 845. The summed E-state index contributed by atoms with van der Waals surface area (Å²) in [6.07, 6.45) is 2.40. The highest BCUT2D eigenvalue weighted by molar-refractivity contribution is 7.91. The van der Waals surface area contributed by atoms with Gasteiger partial charge in [0, 0.05) is 18.2 Å². The quantitative estimate of drug-likeness (QED) is 0.836. The van der Waals surface area contributed by atoms with Crippen LogP contribution in [0.5, 0.6) is 0 Å². The van der Waals surface area contributed by atoms with Crippen molar-refractivity contribution in [1.29, 1.82) is 0 Å². The minimum atomic E-state index is -3.01. The topological polar surface area (TPSA) is 54.5 Å². The summed E-state index contributed by atoms with van der Waals surface area (Å²) in [6.45, 7) is 2.69. The Labute approximate surface area is 143 Å². The number of amides is 1. The van der Waals surface area contributed by atoms with E-state index >= 15 is 0 Å². The highest BCUT2D eigenvalue weighted by atomic mass is 32.2. The van der Waals surface area contributed by atoms with Crippen LogP contribution in [0.15, 0.2) is 42.5 Å². The summed E-state index contributed by atoms with van der Waals surface area (Å²) in [7, 11) is -3.01. The van der Waals surface area contributed by atoms with Crippen molar-refractivity contribution in [2.24, 2.45) is 0 Å². The number of unbranched alkanes of at least 4 members (excludes halogenated alkanes) is 1. The van der Waals surface area contributed by atoms with Crippen LogP contribution in [0.3, 0.4) is 0 Å². The van der Waals surface area contributed by atoms with Gasteiger partial charge in [-0.3, -0.25) is 4.79 Å². The second-order valence-electron chi connectivity index (χ2n) is 6.47.